The van der Waals surface area contributed by atoms with Crippen LogP contribution < -0.4 is 10.1 Å². The summed E-state index contributed by atoms with van der Waals surface area (Å²) >= 11 is 6.00. The van der Waals surface area contributed by atoms with Crippen molar-refractivity contribution in [2.75, 3.05) is 26.9 Å². The Labute approximate surface area is 128 Å². The van der Waals surface area contributed by atoms with Gasteiger partial charge in [0.2, 0.25) is 5.91 Å². The average molecular weight is 316 g/mol. The van der Waals surface area contributed by atoms with Gasteiger partial charge in [0.05, 0.1) is 18.7 Å². The third kappa shape index (κ3) is 6.97. The SMILES string of the molecule is COc1ccc(CCC(=O)NCCOCC(=O)O)cc1Cl. The summed E-state index contributed by atoms with van der Waals surface area (Å²) in [6.07, 6.45) is 0.882. The van der Waals surface area contributed by atoms with Crippen LogP contribution in [0.5, 0.6) is 5.75 Å². The predicted octanol–water partition coefficient (Wildman–Crippen LogP) is 1.50. The normalized spacial score (nSPS) is 10.2. The summed E-state index contributed by atoms with van der Waals surface area (Å²) in [5, 5.41) is 11.5. The van der Waals surface area contributed by atoms with Crippen molar-refractivity contribution in [2.24, 2.45) is 0 Å². The molecule has 0 aliphatic heterocycles. The van der Waals surface area contributed by atoms with Crippen LogP contribution >= 0.6 is 11.6 Å². The molecule has 0 bridgehead atoms. The van der Waals surface area contributed by atoms with Crippen LogP contribution in [0.2, 0.25) is 5.02 Å². The highest BCUT2D eigenvalue weighted by atomic mass is 35.5. The van der Waals surface area contributed by atoms with Crippen molar-refractivity contribution in [2.45, 2.75) is 12.8 Å². The molecule has 116 valence electrons. The molecule has 1 rings (SSSR count). The number of ether oxygens (including phenoxy) is 2. The van der Waals surface area contributed by atoms with Gasteiger partial charge in [-0.25, -0.2) is 4.79 Å². The van der Waals surface area contributed by atoms with Gasteiger partial charge in [-0.3, -0.25) is 4.79 Å². The number of aryl methyl sites for hydroxylation is 1. The van der Waals surface area contributed by atoms with Crippen LogP contribution in [-0.4, -0.2) is 43.9 Å². The fourth-order valence-electron chi connectivity index (χ4n) is 1.63. The molecular weight excluding hydrogens is 298 g/mol. The molecule has 0 unspecified atom stereocenters. The van der Waals surface area contributed by atoms with Gasteiger partial charge in [0.15, 0.2) is 0 Å². The zero-order valence-electron chi connectivity index (χ0n) is 11.7. The minimum atomic E-state index is -1.03. The Hall–Kier alpha value is -1.79. The van der Waals surface area contributed by atoms with Crippen LogP contribution in [0.4, 0.5) is 0 Å². The second kappa shape index (κ2) is 9.20. The van der Waals surface area contributed by atoms with Crippen molar-refractivity contribution in [3.8, 4) is 5.75 Å². The zero-order valence-corrected chi connectivity index (χ0v) is 12.5. The molecule has 0 aliphatic rings. The van der Waals surface area contributed by atoms with Crippen LogP contribution in [0, 0.1) is 0 Å². The van der Waals surface area contributed by atoms with Gasteiger partial charge in [0, 0.05) is 13.0 Å². The maximum atomic E-state index is 11.6. The molecule has 0 atom stereocenters. The number of hydrogen-bond donors (Lipinski definition) is 2. The highest BCUT2D eigenvalue weighted by molar-refractivity contribution is 6.32. The molecule has 1 aromatic rings. The number of methoxy groups -OCH3 is 1. The summed E-state index contributed by atoms with van der Waals surface area (Å²) in [5.41, 5.74) is 0.943. The van der Waals surface area contributed by atoms with E-state index in [1.54, 1.807) is 19.2 Å². The molecule has 0 saturated heterocycles. The molecule has 0 saturated carbocycles. The number of benzene rings is 1. The summed E-state index contributed by atoms with van der Waals surface area (Å²) in [4.78, 5) is 21.8. The molecular formula is C14H18ClNO5. The molecule has 0 spiro atoms. The fraction of sp³-hybridized carbons (Fsp3) is 0.429. The van der Waals surface area contributed by atoms with Crippen molar-refractivity contribution in [3.05, 3.63) is 28.8 Å². The monoisotopic (exact) mass is 315 g/mol. The van der Waals surface area contributed by atoms with Crippen LogP contribution in [0.15, 0.2) is 18.2 Å². The Balaban J connectivity index is 2.23. The number of rotatable bonds is 9. The second-order valence-electron chi connectivity index (χ2n) is 4.27. The third-order valence-electron chi connectivity index (χ3n) is 2.65. The van der Waals surface area contributed by atoms with Crippen LogP contribution in [0.1, 0.15) is 12.0 Å². The van der Waals surface area contributed by atoms with Gasteiger partial charge < -0.3 is 19.9 Å². The van der Waals surface area contributed by atoms with Gasteiger partial charge >= 0.3 is 5.97 Å². The maximum absolute atomic E-state index is 11.6. The first kappa shape index (κ1) is 17.3. The lowest BCUT2D eigenvalue weighted by atomic mass is 10.1. The largest absolute Gasteiger partial charge is 0.495 e. The Kier molecular flexibility index (Phi) is 7.56. The van der Waals surface area contributed by atoms with Gasteiger partial charge in [-0.1, -0.05) is 17.7 Å². The summed E-state index contributed by atoms with van der Waals surface area (Å²) < 4.78 is 9.86. The molecule has 1 aromatic carbocycles. The lowest BCUT2D eigenvalue weighted by Gasteiger charge is -2.07. The van der Waals surface area contributed by atoms with Crippen molar-refractivity contribution in [1.29, 1.82) is 0 Å². The maximum Gasteiger partial charge on any atom is 0.329 e. The molecule has 0 aromatic heterocycles. The highest BCUT2D eigenvalue weighted by Gasteiger charge is 2.05. The summed E-state index contributed by atoms with van der Waals surface area (Å²) in [6, 6.07) is 5.38. The molecule has 0 heterocycles. The van der Waals surface area contributed by atoms with Gasteiger partial charge in [0.1, 0.15) is 12.4 Å². The van der Waals surface area contributed by atoms with Crippen molar-refractivity contribution in [1.82, 2.24) is 5.32 Å². The molecule has 1 amide bonds. The van der Waals surface area contributed by atoms with Crippen LogP contribution in [0.3, 0.4) is 0 Å². The van der Waals surface area contributed by atoms with Crippen molar-refractivity contribution in [3.63, 3.8) is 0 Å². The Morgan fingerprint density at radius 3 is 2.76 bits per heavy atom. The fourth-order valence-corrected chi connectivity index (χ4v) is 1.91. The summed E-state index contributed by atoms with van der Waals surface area (Å²) in [6.45, 7) is 0.0993. The number of amides is 1. The average Bonchev–Trinajstić information content (AvgIpc) is 2.44. The van der Waals surface area contributed by atoms with E-state index in [-0.39, 0.29) is 25.7 Å². The number of carboxylic acids is 1. The van der Waals surface area contributed by atoms with E-state index < -0.39 is 5.97 Å². The van der Waals surface area contributed by atoms with E-state index in [4.69, 9.17) is 26.2 Å². The first-order valence-electron chi connectivity index (χ1n) is 6.41. The van der Waals surface area contributed by atoms with E-state index in [1.165, 1.54) is 0 Å². The zero-order chi connectivity index (χ0) is 15.7. The number of carboxylic acid groups (broad SMARTS) is 1. The Morgan fingerprint density at radius 2 is 2.14 bits per heavy atom. The van der Waals surface area contributed by atoms with Gasteiger partial charge in [0.25, 0.3) is 0 Å². The Bertz CT molecular complexity index is 492. The van der Waals surface area contributed by atoms with Gasteiger partial charge in [-0.2, -0.15) is 0 Å². The predicted molar refractivity (Wildman–Crippen MR) is 77.8 cm³/mol. The topological polar surface area (TPSA) is 84.9 Å². The third-order valence-corrected chi connectivity index (χ3v) is 2.95. The smallest absolute Gasteiger partial charge is 0.329 e. The number of halogens is 1. The van der Waals surface area contributed by atoms with E-state index >= 15 is 0 Å². The van der Waals surface area contributed by atoms with Crippen molar-refractivity contribution < 1.29 is 24.2 Å². The van der Waals surface area contributed by atoms with Gasteiger partial charge in [-0.05, 0) is 24.1 Å². The minimum Gasteiger partial charge on any atom is -0.495 e. The number of carbonyl (C=O) groups is 2. The van der Waals surface area contributed by atoms with E-state index in [0.717, 1.165) is 5.56 Å². The molecule has 7 heteroatoms. The number of hydrogen-bond acceptors (Lipinski definition) is 4. The lowest BCUT2D eigenvalue weighted by Crippen LogP contribution is -2.28. The number of nitrogens with one attached hydrogen (secondary N) is 1. The molecule has 0 fully saturated rings. The number of carbonyl (C=O) groups excluding carboxylic acids is 1. The Morgan fingerprint density at radius 1 is 1.38 bits per heavy atom. The highest BCUT2D eigenvalue weighted by Crippen LogP contribution is 2.25. The summed E-state index contributed by atoms with van der Waals surface area (Å²) in [5.74, 6) is -0.556. The quantitative estimate of drug-likeness (QED) is 0.675. The molecule has 0 radical (unpaired) electrons. The van der Waals surface area contributed by atoms with Crippen LogP contribution in [0.25, 0.3) is 0 Å². The van der Waals surface area contributed by atoms with Crippen molar-refractivity contribution >= 4 is 23.5 Å². The first-order valence-corrected chi connectivity index (χ1v) is 6.79. The minimum absolute atomic E-state index is 0.124. The first-order chi connectivity index (χ1) is 10.0. The van der Waals surface area contributed by atoms with E-state index in [1.807, 2.05) is 6.07 Å². The number of aliphatic carboxylic acids is 1. The molecule has 2 N–H and O–H groups in total. The summed E-state index contributed by atoms with van der Waals surface area (Å²) in [7, 11) is 1.54. The van der Waals surface area contributed by atoms with E-state index in [2.05, 4.69) is 5.32 Å². The molecule has 6 nitrogen and oxygen atoms in total. The second-order valence-corrected chi connectivity index (χ2v) is 4.67. The molecule has 21 heavy (non-hydrogen) atoms. The standard InChI is InChI=1S/C14H18ClNO5/c1-20-12-4-2-10(8-11(12)15)3-5-13(17)16-6-7-21-9-14(18)19/h2,4,8H,3,5-7,9H2,1H3,(H,16,17)(H,18,19). The lowest BCUT2D eigenvalue weighted by molar-refractivity contribution is -0.142. The van der Waals surface area contributed by atoms with Gasteiger partial charge in [-0.15, -0.1) is 0 Å². The van der Waals surface area contributed by atoms with E-state index in [9.17, 15) is 9.59 Å². The van der Waals surface area contributed by atoms with E-state index in [0.29, 0.717) is 23.6 Å². The van der Waals surface area contributed by atoms with Crippen LogP contribution in [-0.2, 0) is 20.7 Å². The molecule has 0 aliphatic carbocycles.